The third kappa shape index (κ3) is 5.51. The van der Waals surface area contributed by atoms with Crippen molar-refractivity contribution in [2.45, 2.75) is 19.5 Å². The summed E-state index contributed by atoms with van der Waals surface area (Å²) in [6.07, 6.45) is -4.30. The smallest absolute Gasteiger partial charge is 0.418 e. The van der Waals surface area contributed by atoms with Crippen LogP contribution < -0.4 is 21.3 Å². The van der Waals surface area contributed by atoms with Crippen LogP contribution in [0.25, 0.3) is 16.6 Å². The first-order valence-corrected chi connectivity index (χ1v) is 12.9. The van der Waals surface area contributed by atoms with Gasteiger partial charge in [0.15, 0.2) is 0 Å². The monoisotopic (exact) mass is 577 g/mol. The summed E-state index contributed by atoms with van der Waals surface area (Å²) in [5.74, 6) is -0.149. The average molecular weight is 578 g/mol. The summed E-state index contributed by atoms with van der Waals surface area (Å²) in [5.41, 5.74) is -0.776. The SMILES string of the molecule is COc1ccc(-n2c(O)c(C(=NCCc3c(C)[nH]c4c(C(F)(F)F)cccc34)Nc3ccccc3)c(=O)[nH]c2=O)cc1. The fourth-order valence-electron chi connectivity index (χ4n) is 4.79. The maximum absolute atomic E-state index is 13.6. The number of aromatic amines is 2. The van der Waals surface area contributed by atoms with Gasteiger partial charge in [0.1, 0.15) is 17.1 Å². The van der Waals surface area contributed by atoms with Crippen molar-refractivity contribution in [2.75, 3.05) is 19.0 Å². The van der Waals surface area contributed by atoms with Gasteiger partial charge in [-0.2, -0.15) is 13.2 Å². The summed E-state index contributed by atoms with van der Waals surface area (Å²) >= 11 is 0. The number of aromatic nitrogens is 3. The number of ether oxygens (including phenoxy) is 1. The predicted octanol–water partition coefficient (Wildman–Crippen LogP) is 5.15. The van der Waals surface area contributed by atoms with Gasteiger partial charge in [0, 0.05) is 23.3 Å². The highest BCUT2D eigenvalue weighted by atomic mass is 19.4. The van der Waals surface area contributed by atoms with Gasteiger partial charge in [-0.15, -0.1) is 0 Å². The normalized spacial score (nSPS) is 12.1. The number of aryl methyl sites for hydroxylation is 1. The molecule has 3 aromatic carbocycles. The Morgan fingerprint density at radius 2 is 1.71 bits per heavy atom. The van der Waals surface area contributed by atoms with Crippen LogP contribution in [0.5, 0.6) is 11.6 Å². The van der Waals surface area contributed by atoms with E-state index in [9.17, 15) is 27.9 Å². The van der Waals surface area contributed by atoms with Gasteiger partial charge in [-0.3, -0.25) is 14.8 Å². The summed E-state index contributed by atoms with van der Waals surface area (Å²) in [5, 5.41) is 14.7. The third-order valence-electron chi connectivity index (χ3n) is 6.78. The van der Waals surface area contributed by atoms with Crippen LogP contribution in [-0.2, 0) is 12.6 Å². The Bertz CT molecular complexity index is 1890. The summed E-state index contributed by atoms with van der Waals surface area (Å²) in [6.45, 7) is 1.73. The number of rotatable bonds is 7. The van der Waals surface area contributed by atoms with Crippen LogP contribution in [0, 0.1) is 6.92 Å². The van der Waals surface area contributed by atoms with Gasteiger partial charge in [-0.05, 0) is 61.4 Å². The molecule has 0 aliphatic heterocycles. The molecule has 0 saturated carbocycles. The number of anilines is 1. The molecule has 0 fully saturated rings. The minimum Gasteiger partial charge on any atom is -0.497 e. The van der Waals surface area contributed by atoms with Gasteiger partial charge in [0.25, 0.3) is 5.56 Å². The van der Waals surface area contributed by atoms with Crippen LogP contribution in [-0.4, -0.2) is 39.1 Å². The molecule has 0 bridgehead atoms. The molecule has 0 aliphatic rings. The summed E-state index contributed by atoms with van der Waals surface area (Å²) < 4.78 is 46.8. The van der Waals surface area contributed by atoms with E-state index in [-0.39, 0.29) is 35.6 Å². The third-order valence-corrected chi connectivity index (χ3v) is 6.78. The number of H-pyrrole nitrogens is 2. The van der Waals surface area contributed by atoms with Gasteiger partial charge < -0.3 is 20.1 Å². The fourth-order valence-corrected chi connectivity index (χ4v) is 4.79. The molecule has 9 nitrogen and oxygen atoms in total. The Labute approximate surface area is 237 Å². The number of alkyl halides is 3. The van der Waals surface area contributed by atoms with E-state index in [2.05, 4.69) is 20.3 Å². The lowest BCUT2D eigenvalue weighted by atomic mass is 10.1. The molecular formula is C30H26F3N5O4. The number of nitrogens with zero attached hydrogens (tertiary/aromatic N) is 2. The number of methoxy groups -OCH3 is 1. The van der Waals surface area contributed by atoms with E-state index in [1.807, 2.05) is 0 Å². The van der Waals surface area contributed by atoms with E-state index >= 15 is 0 Å². The maximum atomic E-state index is 13.6. The Kier molecular flexibility index (Phi) is 7.62. The van der Waals surface area contributed by atoms with E-state index in [0.29, 0.717) is 28.1 Å². The van der Waals surface area contributed by atoms with E-state index in [4.69, 9.17) is 4.74 Å². The molecule has 2 heterocycles. The molecule has 0 aliphatic carbocycles. The molecule has 0 amide bonds. The number of aromatic hydroxyl groups is 1. The number of fused-ring (bicyclic) bond motifs is 1. The largest absolute Gasteiger partial charge is 0.497 e. The van der Waals surface area contributed by atoms with Crippen LogP contribution in [0.3, 0.4) is 0 Å². The van der Waals surface area contributed by atoms with Crippen molar-refractivity contribution in [1.29, 1.82) is 0 Å². The number of hydrogen-bond donors (Lipinski definition) is 4. The number of halogens is 3. The molecule has 5 aromatic rings. The number of para-hydroxylation sites is 2. The van der Waals surface area contributed by atoms with Crippen LogP contribution >= 0.6 is 0 Å². The zero-order valence-electron chi connectivity index (χ0n) is 22.5. The van der Waals surface area contributed by atoms with E-state index < -0.39 is 28.9 Å². The average Bonchev–Trinajstić information content (AvgIpc) is 3.27. The number of benzene rings is 3. The molecule has 216 valence electrons. The topological polar surface area (TPSA) is 124 Å². The number of nitrogens with one attached hydrogen (secondary N) is 3. The standard InChI is InChI=1S/C30H26F3N5O4/c1-17-21(22-9-6-10-23(25(22)35-17)30(31,32)33)15-16-34-26(36-18-7-4-3-5-8-18)24-27(39)37-29(41)38(28(24)40)19-11-13-20(42-2)14-12-19/h3-14,35,40H,15-16H2,1-2H3,(H,34,36)(H,37,39,41). The second kappa shape index (κ2) is 11.3. The molecule has 0 radical (unpaired) electrons. The fraction of sp³-hybridized carbons (Fsp3) is 0.167. The number of aliphatic imine (C=N–C) groups is 1. The zero-order valence-corrected chi connectivity index (χ0v) is 22.5. The Morgan fingerprint density at radius 3 is 2.38 bits per heavy atom. The highest BCUT2D eigenvalue weighted by molar-refractivity contribution is 6.09. The lowest BCUT2D eigenvalue weighted by molar-refractivity contribution is -0.136. The summed E-state index contributed by atoms with van der Waals surface area (Å²) in [4.78, 5) is 35.4. The second-order valence-electron chi connectivity index (χ2n) is 9.42. The van der Waals surface area contributed by atoms with Crippen molar-refractivity contribution in [3.05, 3.63) is 116 Å². The van der Waals surface area contributed by atoms with Crippen molar-refractivity contribution < 1.29 is 23.0 Å². The molecule has 2 aromatic heterocycles. The quantitative estimate of drug-likeness (QED) is 0.157. The van der Waals surface area contributed by atoms with Crippen molar-refractivity contribution in [3.63, 3.8) is 0 Å². The van der Waals surface area contributed by atoms with Crippen LogP contribution in [0.15, 0.2) is 87.4 Å². The lowest BCUT2D eigenvalue weighted by Crippen LogP contribution is -2.35. The van der Waals surface area contributed by atoms with E-state index in [1.165, 1.54) is 13.2 Å². The van der Waals surface area contributed by atoms with Crippen molar-refractivity contribution in [3.8, 4) is 17.3 Å². The van der Waals surface area contributed by atoms with Crippen molar-refractivity contribution in [2.24, 2.45) is 4.99 Å². The number of amidine groups is 1. The minimum atomic E-state index is -4.52. The van der Waals surface area contributed by atoms with Crippen molar-refractivity contribution >= 4 is 22.4 Å². The Balaban J connectivity index is 1.57. The predicted molar refractivity (Wildman–Crippen MR) is 154 cm³/mol. The summed E-state index contributed by atoms with van der Waals surface area (Å²) in [6, 6.07) is 19.0. The van der Waals surface area contributed by atoms with Gasteiger partial charge >= 0.3 is 11.9 Å². The van der Waals surface area contributed by atoms with E-state index in [1.54, 1.807) is 67.6 Å². The highest BCUT2D eigenvalue weighted by Gasteiger charge is 2.33. The highest BCUT2D eigenvalue weighted by Crippen LogP contribution is 2.36. The molecule has 42 heavy (non-hydrogen) atoms. The molecule has 0 spiro atoms. The minimum absolute atomic E-state index is 0.00947. The van der Waals surface area contributed by atoms with E-state index in [0.717, 1.165) is 10.6 Å². The van der Waals surface area contributed by atoms with Crippen LogP contribution in [0.1, 0.15) is 22.4 Å². The van der Waals surface area contributed by atoms with Crippen LogP contribution in [0.4, 0.5) is 18.9 Å². The number of hydrogen-bond acceptors (Lipinski definition) is 5. The molecule has 5 rings (SSSR count). The molecule has 0 saturated heterocycles. The van der Waals surface area contributed by atoms with Gasteiger partial charge in [0.05, 0.1) is 23.9 Å². The molecule has 0 unspecified atom stereocenters. The second-order valence-corrected chi connectivity index (χ2v) is 9.42. The Hall–Kier alpha value is -5.26. The first kappa shape index (κ1) is 28.3. The zero-order chi connectivity index (χ0) is 30.0. The van der Waals surface area contributed by atoms with Gasteiger partial charge in [-0.25, -0.2) is 9.36 Å². The molecule has 4 N–H and O–H groups in total. The molecule has 12 heteroatoms. The van der Waals surface area contributed by atoms with Crippen LogP contribution in [0.2, 0.25) is 0 Å². The van der Waals surface area contributed by atoms with Gasteiger partial charge in [0.2, 0.25) is 5.88 Å². The van der Waals surface area contributed by atoms with Crippen molar-refractivity contribution in [1.82, 2.24) is 14.5 Å². The lowest BCUT2D eigenvalue weighted by Gasteiger charge is -2.15. The first-order valence-electron chi connectivity index (χ1n) is 12.9. The maximum Gasteiger partial charge on any atom is 0.418 e. The first-order chi connectivity index (χ1) is 20.1. The van der Waals surface area contributed by atoms with Gasteiger partial charge in [-0.1, -0.05) is 30.3 Å². The molecule has 0 atom stereocenters. The Morgan fingerprint density at radius 1 is 1.00 bits per heavy atom. The summed E-state index contributed by atoms with van der Waals surface area (Å²) in [7, 11) is 1.49. The molecular weight excluding hydrogens is 551 g/mol.